The van der Waals surface area contributed by atoms with Gasteiger partial charge >= 0.3 is 0 Å². The van der Waals surface area contributed by atoms with Gasteiger partial charge in [-0.05, 0) is 45.5 Å². The number of hydrogen-bond donors (Lipinski definition) is 0. The largest absolute Gasteiger partial charge is 0.208 e. The lowest BCUT2D eigenvalue weighted by atomic mass is 9.99. The van der Waals surface area contributed by atoms with Gasteiger partial charge in [0.1, 0.15) is 0 Å². The highest BCUT2D eigenvalue weighted by Crippen LogP contribution is 2.44. The third kappa shape index (κ3) is 5.60. The van der Waals surface area contributed by atoms with Gasteiger partial charge in [-0.15, -0.1) is 22.7 Å². The molecule has 0 bridgehead atoms. The van der Waals surface area contributed by atoms with Crippen molar-refractivity contribution in [3.63, 3.8) is 0 Å². The van der Waals surface area contributed by atoms with Gasteiger partial charge in [-0.3, -0.25) is 0 Å². The van der Waals surface area contributed by atoms with E-state index in [-0.39, 0.29) is 29.7 Å². The molecule has 56 heavy (non-hydrogen) atoms. The van der Waals surface area contributed by atoms with Gasteiger partial charge in [0, 0.05) is 57.0 Å². The van der Waals surface area contributed by atoms with Crippen LogP contribution in [0.4, 0.5) is 0 Å². The third-order valence-corrected chi connectivity index (χ3v) is 12.7. The minimum Gasteiger partial charge on any atom is -0.208 e. The molecule has 262 valence electrons. The zero-order chi connectivity index (χ0) is 41.4. The summed E-state index contributed by atoms with van der Waals surface area (Å²) in [7, 11) is 0. The van der Waals surface area contributed by atoms with Crippen molar-refractivity contribution in [2.45, 2.75) is 0 Å². The molecule has 3 aromatic heterocycles. The summed E-state index contributed by atoms with van der Waals surface area (Å²) in [6.07, 6.45) is 0. The number of aromatic nitrogens is 3. The summed E-state index contributed by atoms with van der Waals surface area (Å²) >= 11 is 3.34. The first-order valence-electron chi connectivity index (χ1n) is 20.8. The monoisotopic (exact) mass is 754 g/mol. The average molecular weight is 755 g/mol. The summed E-state index contributed by atoms with van der Waals surface area (Å²) in [5.74, 6) is 1.75. The predicted octanol–water partition coefficient (Wildman–Crippen LogP) is 14.6. The van der Waals surface area contributed by atoms with Crippen LogP contribution in [-0.2, 0) is 0 Å². The number of fused-ring (bicyclic) bond motifs is 6. The van der Waals surface area contributed by atoms with Gasteiger partial charge in [0.15, 0.2) is 17.5 Å². The molecule has 0 aliphatic heterocycles. The van der Waals surface area contributed by atoms with Crippen LogP contribution in [0.3, 0.4) is 0 Å². The van der Waals surface area contributed by atoms with E-state index in [1.165, 1.54) is 20.2 Å². The molecule has 5 heteroatoms. The van der Waals surface area contributed by atoms with Crippen molar-refractivity contribution in [2.24, 2.45) is 0 Å². The lowest BCUT2D eigenvalue weighted by molar-refractivity contribution is 1.07. The first-order chi connectivity index (χ1) is 29.8. The lowest BCUT2D eigenvalue weighted by Gasteiger charge is -2.12. The second-order valence-electron chi connectivity index (χ2n) is 13.6. The minimum atomic E-state index is -0.400. The van der Waals surface area contributed by atoms with Gasteiger partial charge in [-0.2, -0.15) is 0 Å². The van der Waals surface area contributed by atoms with E-state index in [0.717, 1.165) is 59.1 Å². The van der Waals surface area contributed by atoms with E-state index in [9.17, 15) is 0 Å². The molecule has 0 aliphatic carbocycles. The Balaban J connectivity index is 1.04. The molecule has 0 N–H and O–H groups in total. The number of nitrogens with zero attached hydrogens (tertiary/aromatic N) is 3. The Morgan fingerprint density at radius 3 is 1.64 bits per heavy atom. The standard InChI is InChI=1S/C51H31N3S2/c1-3-13-32(14-4-1)37-17-7-8-19-44(37)51-53-49(52-50(54-51)36-29-30-41-40-18-9-10-24-45(40)55-46(41)31-36)35-27-25-34(26-28-35)39-21-12-23-43-42-22-11-20-38(47(42)56-48(39)43)33-15-5-2-6-16-33/h1-31H/i2D,5D,6D,15D,16D. The van der Waals surface area contributed by atoms with Gasteiger partial charge in [0.25, 0.3) is 0 Å². The maximum atomic E-state index is 8.70. The summed E-state index contributed by atoms with van der Waals surface area (Å²) in [6, 6.07) is 52.2. The smallest absolute Gasteiger partial charge is 0.164 e. The van der Waals surface area contributed by atoms with Crippen LogP contribution in [-0.4, -0.2) is 15.0 Å². The Morgan fingerprint density at radius 2 is 0.875 bits per heavy atom. The molecule has 0 saturated carbocycles. The number of benzene rings is 8. The minimum absolute atomic E-state index is 0.208. The Labute approximate surface area is 338 Å². The van der Waals surface area contributed by atoms with Crippen LogP contribution in [0.25, 0.3) is 108 Å². The van der Waals surface area contributed by atoms with Crippen molar-refractivity contribution in [1.29, 1.82) is 0 Å². The van der Waals surface area contributed by atoms with Crippen molar-refractivity contribution in [1.82, 2.24) is 15.0 Å². The van der Waals surface area contributed by atoms with Crippen LogP contribution >= 0.6 is 22.7 Å². The summed E-state index contributed by atoms with van der Waals surface area (Å²) in [4.78, 5) is 15.4. The zero-order valence-corrected chi connectivity index (χ0v) is 31.3. The molecule has 0 spiro atoms. The summed E-state index contributed by atoms with van der Waals surface area (Å²) in [5, 5.41) is 4.46. The molecule has 0 unspecified atom stereocenters. The first-order valence-corrected chi connectivity index (χ1v) is 19.9. The quantitative estimate of drug-likeness (QED) is 0.170. The third-order valence-electron chi connectivity index (χ3n) is 10.3. The molecule has 0 fully saturated rings. The van der Waals surface area contributed by atoms with Gasteiger partial charge in [-0.1, -0.05) is 176 Å². The molecule has 11 aromatic rings. The molecule has 0 aliphatic rings. The van der Waals surface area contributed by atoms with E-state index < -0.39 is 6.04 Å². The van der Waals surface area contributed by atoms with Crippen molar-refractivity contribution in [3.8, 4) is 67.5 Å². The van der Waals surface area contributed by atoms with Gasteiger partial charge in [-0.25, -0.2) is 15.0 Å². The molecule has 11 rings (SSSR count). The van der Waals surface area contributed by atoms with Crippen molar-refractivity contribution >= 4 is 63.0 Å². The molecule has 0 saturated heterocycles. The number of hydrogen-bond acceptors (Lipinski definition) is 5. The van der Waals surface area contributed by atoms with E-state index >= 15 is 0 Å². The molecule has 8 aromatic carbocycles. The van der Waals surface area contributed by atoms with Crippen LogP contribution < -0.4 is 0 Å². The average Bonchev–Trinajstić information content (AvgIpc) is 3.89. The highest BCUT2D eigenvalue weighted by molar-refractivity contribution is 7.27. The van der Waals surface area contributed by atoms with Crippen LogP contribution in [0, 0.1) is 0 Å². The molecular weight excluding hydrogens is 719 g/mol. The normalized spacial score (nSPS) is 12.8. The van der Waals surface area contributed by atoms with Crippen LogP contribution in [0.2, 0.25) is 0 Å². The van der Waals surface area contributed by atoms with E-state index in [4.69, 9.17) is 21.8 Å². The molecule has 0 amide bonds. The topological polar surface area (TPSA) is 38.7 Å². The molecule has 3 nitrogen and oxygen atoms in total. The highest BCUT2D eigenvalue weighted by Gasteiger charge is 2.18. The summed E-state index contributed by atoms with van der Waals surface area (Å²) < 4.78 is 46.5. The second kappa shape index (κ2) is 13.5. The fourth-order valence-corrected chi connectivity index (χ4v) is 10.1. The molecule has 0 radical (unpaired) electrons. The van der Waals surface area contributed by atoms with Crippen molar-refractivity contribution in [3.05, 3.63) is 188 Å². The second-order valence-corrected chi connectivity index (χ2v) is 15.7. The molecule has 0 atom stereocenters. The number of thiophene rings is 2. The Hall–Kier alpha value is -6.79. The van der Waals surface area contributed by atoms with Gasteiger partial charge in [0.2, 0.25) is 0 Å². The van der Waals surface area contributed by atoms with Gasteiger partial charge in [0.05, 0.1) is 6.85 Å². The van der Waals surface area contributed by atoms with E-state index in [2.05, 4.69) is 103 Å². The number of rotatable bonds is 6. The lowest BCUT2D eigenvalue weighted by Crippen LogP contribution is -2.01. The van der Waals surface area contributed by atoms with E-state index in [1.807, 2.05) is 54.6 Å². The fraction of sp³-hybridized carbons (Fsp3) is 0. The SMILES string of the molecule is [2H]c1c([2H])c([2H])c(-c2cccc3c2sc2c(-c4ccc(-c5nc(-c6ccc7c(c6)sc6ccccc67)nc(-c6ccccc6-c6ccccc6)n5)cc4)cccc23)c([2H])c1[2H]. The summed E-state index contributed by atoms with van der Waals surface area (Å²) in [6.45, 7) is 0. The predicted molar refractivity (Wildman–Crippen MR) is 238 cm³/mol. The Morgan fingerprint density at radius 1 is 0.339 bits per heavy atom. The highest BCUT2D eigenvalue weighted by atomic mass is 32.1. The van der Waals surface area contributed by atoms with Crippen molar-refractivity contribution < 1.29 is 6.85 Å². The molecular formula is C51H31N3S2. The molecule has 3 heterocycles. The van der Waals surface area contributed by atoms with E-state index in [1.54, 1.807) is 22.7 Å². The van der Waals surface area contributed by atoms with Crippen LogP contribution in [0.1, 0.15) is 6.85 Å². The Bertz CT molecular complexity index is 3520. The summed E-state index contributed by atoms with van der Waals surface area (Å²) in [5.41, 5.74) is 7.66. The van der Waals surface area contributed by atoms with Crippen molar-refractivity contribution in [2.75, 3.05) is 0 Å². The van der Waals surface area contributed by atoms with Crippen LogP contribution in [0.5, 0.6) is 0 Å². The van der Waals surface area contributed by atoms with Gasteiger partial charge < -0.3 is 0 Å². The maximum absolute atomic E-state index is 8.70. The maximum Gasteiger partial charge on any atom is 0.164 e. The zero-order valence-electron chi connectivity index (χ0n) is 34.7. The van der Waals surface area contributed by atoms with Crippen LogP contribution in [0.15, 0.2) is 188 Å². The Kier molecular flexibility index (Phi) is 6.69. The first kappa shape index (κ1) is 27.7. The van der Waals surface area contributed by atoms with E-state index in [0.29, 0.717) is 23.0 Å². The fourth-order valence-electron chi connectivity index (χ4n) is 7.60.